The molecule has 7 nitrogen and oxygen atoms in total. The SMILES string of the molecule is O=C1CN(C(=O)c2cscn2)CCCCc2cccc(n2)NCCN1. The number of hydrogen-bond acceptors (Lipinski definition) is 6. The molecule has 0 unspecified atom stereocenters. The maximum atomic E-state index is 12.6. The number of anilines is 1. The van der Waals surface area contributed by atoms with Crippen LogP contribution in [0.25, 0.3) is 0 Å². The molecular formula is C17H21N5O2S. The molecular weight excluding hydrogens is 338 g/mol. The molecule has 2 amide bonds. The Morgan fingerprint density at radius 2 is 2.08 bits per heavy atom. The third-order valence-corrected chi connectivity index (χ3v) is 4.53. The Kier molecular flexibility index (Phi) is 5.95. The van der Waals surface area contributed by atoms with Gasteiger partial charge in [-0.3, -0.25) is 9.59 Å². The zero-order valence-electron chi connectivity index (χ0n) is 13.9. The number of carbonyl (C=O) groups excluding carboxylic acids is 2. The summed E-state index contributed by atoms with van der Waals surface area (Å²) in [6.07, 6.45) is 2.56. The van der Waals surface area contributed by atoms with Crippen LogP contribution >= 0.6 is 11.3 Å². The molecule has 3 rings (SSSR count). The molecule has 2 bridgehead atoms. The average Bonchev–Trinajstić information content (AvgIpc) is 3.15. The average molecular weight is 359 g/mol. The fraction of sp³-hybridized carbons (Fsp3) is 0.412. The number of aryl methyl sites for hydroxylation is 1. The van der Waals surface area contributed by atoms with Crippen LogP contribution in [0.5, 0.6) is 0 Å². The van der Waals surface area contributed by atoms with Crippen molar-refractivity contribution in [1.29, 1.82) is 0 Å². The Morgan fingerprint density at radius 1 is 1.20 bits per heavy atom. The quantitative estimate of drug-likeness (QED) is 0.807. The van der Waals surface area contributed by atoms with E-state index in [1.165, 1.54) is 11.3 Å². The van der Waals surface area contributed by atoms with Crippen molar-refractivity contribution in [3.63, 3.8) is 0 Å². The van der Waals surface area contributed by atoms with Gasteiger partial charge in [-0.15, -0.1) is 11.3 Å². The van der Waals surface area contributed by atoms with Gasteiger partial charge in [0.25, 0.3) is 5.91 Å². The molecule has 2 N–H and O–H groups in total. The third-order valence-electron chi connectivity index (χ3n) is 3.94. The van der Waals surface area contributed by atoms with Crippen molar-refractivity contribution in [1.82, 2.24) is 20.2 Å². The highest BCUT2D eigenvalue weighted by Crippen LogP contribution is 2.10. The molecule has 0 atom stereocenters. The van der Waals surface area contributed by atoms with E-state index in [1.807, 2.05) is 18.2 Å². The fourth-order valence-electron chi connectivity index (χ4n) is 2.68. The van der Waals surface area contributed by atoms with Crippen LogP contribution in [0, 0.1) is 0 Å². The lowest BCUT2D eigenvalue weighted by atomic mass is 10.1. The van der Waals surface area contributed by atoms with E-state index in [4.69, 9.17) is 0 Å². The highest BCUT2D eigenvalue weighted by atomic mass is 32.1. The molecule has 3 heterocycles. The first kappa shape index (κ1) is 17.3. The van der Waals surface area contributed by atoms with Crippen LogP contribution in [-0.2, 0) is 11.2 Å². The smallest absolute Gasteiger partial charge is 0.273 e. The number of rotatable bonds is 1. The summed E-state index contributed by atoms with van der Waals surface area (Å²) in [5.74, 6) is 0.468. The summed E-state index contributed by atoms with van der Waals surface area (Å²) in [5, 5.41) is 7.75. The molecule has 132 valence electrons. The molecule has 2 aromatic rings. The van der Waals surface area contributed by atoms with Crippen LogP contribution in [0.3, 0.4) is 0 Å². The number of fused-ring (bicyclic) bond motifs is 2. The molecule has 1 aliphatic heterocycles. The molecule has 0 spiro atoms. The Balaban J connectivity index is 1.69. The van der Waals surface area contributed by atoms with E-state index in [-0.39, 0.29) is 18.4 Å². The van der Waals surface area contributed by atoms with Crippen molar-refractivity contribution in [2.24, 2.45) is 0 Å². The second-order valence-corrected chi connectivity index (χ2v) is 6.57. The lowest BCUT2D eigenvalue weighted by Gasteiger charge is -2.22. The Hall–Kier alpha value is -2.48. The molecule has 1 aliphatic rings. The number of hydrogen-bond donors (Lipinski definition) is 2. The summed E-state index contributed by atoms with van der Waals surface area (Å²) < 4.78 is 0. The lowest BCUT2D eigenvalue weighted by molar-refractivity contribution is -0.121. The molecule has 0 aliphatic carbocycles. The van der Waals surface area contributed by atoms with Gasteiger partial charge in [-0.1, -0.05) is 6.07 Å². The topological polar surface area (TPSA) is 87.2 Å². The Bertz CT molecular complexity index is 720. The molecule has 25 heavy (non-hydrogen) atoms. The van der Waals surface area contributed by atoms with Crippen LogP contribution in [-0.4, -0.2) is 52.9 Å². The van der Waals surface area contributed by atoms with Crippen molar-refractivity contribution in [2.45, 2.75) is 19.3 Å². The zero-order valence-corrected chi connectivity index (χ0v) is 14.7. The Morgan fingerprint density at radius 3 is 2.92 bits per heavy atom. The first-order valence-corrected chi connectivity index (χ1v) is 9.30. The zero-order chi connectivity index (χ0) is 17.5. The molecule has 2 aromatic heterocycles. The summed E-state index contributed by atoms with van der Waals surface area (Å²) >= 11 is 1.37. The number of carbonyl (C=O) groups is 2. The van der Waals surface area contributed by atoms with E-state index in [2.05, 4.69) is 20.6 Å². The number of amides is 2. The fourth-order valence-corrected chi connectivity index (χ4v) is 3.21. The minimum absolute atomic E-state index is 0.0555. The summed E-state index contributed by atoms with van der Waals surface area (Å²) in [7, 11) is 0. The third kappa shape index (κ3) is 4.99. The van der Waals surface area contributed by atoms with Crippen LogP contribution in [0.4, 0.5) is 5.82 Å². The molecule has 8 heteroatoms. The number of pyridine rings is 1. The van der Waals surface area contributed by atoms with Crippen molar-refractivity contribution in [3.8, 4) is 0 Å². The number of nitrogens with zero attached hydrogens (tertiary/aromatic N) is 3. The highest BCUT2D eigenvalue weighted by molar-refractivity contribution is 7.07. The minimum atomic E-state index is -0.193. The van der Waals surface area contributed by atoms with Gasteiger partial charge in [0, 0.05) is 30.7 Å². The number of nitrogens with one attached hydrogen (secondary N) is 2. The lowest BCUT2D eigenvalue weighted by Crippen LogP contribution is -2.42. The van der Waals surface area contributed by atoms with E-state index in [0.29, 0.717) is 25.3 Å². The van der Waals surface area contributed by atoms with Gasteiger partial charge in [0.1, 0.15) is 11.5 Å². The maximum absolute atomic E-state index is 12.6. The second-order valence-electron chi connectivity index (χ2n) is 5.85. The molecule has 0 radical (unpaired) electrons. The predicted octanol–water partition coefficient (Wildman–Crippen LogP) is 1.54. The second kappa shape index (κ2) is 8.57. The van der Waals surface area contributed by atoms with Crippen LogP contribution in [0.15, 0.2) is 29.1 Å². The summed E-state index contributed by atoms with van der Waals surface area (Å²) in [6, 6.07) is 5.91. The normalized spacial score (nSPS) is 16.5. The van der Waals surface area contributed by atoms with Crippen molar-refractivity contribution >= 4 is 29.0 Å². The van der Waals surface area contributed by atoms with Crippen molar-refractivity contribution < 1.29 is 9.59 Å². The van der Waals surface area contributed by atoms with Gasteiger partial charge in [-0.25, -0.2) is 9.97 Å². The van der Waals surface area contributed by atoms with Crippen LogP contribution in [0.2, 0.25) is 0 Å². The van der Waals surface area contributed by atoms with Gasteiger partial charge in [0.15, 0.2) is 0 Å². The van der Waals surface area contributed by atoms with E-state index >= 15 is 0 Å². The maximum Gasteiger partial charge on any atom is 0.273 e. The van der Waals surface area contributed by atoms with E-state index in [9.17, 15) is 9.59 Å². The largest absolute Gasteiger partial charge is 0.368 e. The summed E-state index contributed by atoms with van der Waals surface area (Å²) in [4.78, 5) is 34.9. The molecule has 0 fully saturated rings. The molecule has 0 saturated carbocycles. The molecule has 0 saturated heterocycles. The number of thiazole rings is 1. The first-order valence-electron chi connectivity index (χ1n) is 8.36. The Labute approximate surface area is 150 Å². The van der Waals surface area contributed by atoms with Crippen LogP contribution in [0.1, 0.15) is 29.0 Å². The molecule has 0 aromatic carbocycles. The van der Waals surface area contributed by atoms with E-state index in [1.54, 1.807) is 15.8 Å². The highest BCUT2D eigenvalue weighted by Gasteiger charge is 2.20. The van der Waals surface area contributed by atoms with E-state index in [0.717, 1.165) is 30.8 Å². The minimum Gasteiger partial charge on any atom is -0.368 e. The monoisotopic (exact) mass is 359 g/mol. The van der Waals surface area contributed by atoms with Crippen molar-refractivity contribution in [3.05, 3.63) is 40.5 Å². The predicted molar refractivity (Wildman–Crippen MR) is 96.7 cm³/mol. The van der Waals surface area contributed by atoms with Gasteiger partial charge >= 0.3 is 0 Å². The van der Waals surface area contributed by atoms with Gasteiger partial charge in [-0.2, -0.15) is 0 Å². The summed E-state index contributed by atoms with van der Waals surface area (Å²) in [6.45, 7) is 1.65. The van der Waals surface area contributed by atoms with Crippen LogP contribution < -0.4 is 10.6 Å². The van der Waals surface area contributed by atoms with Crippen molar-refractivity contribution in [2.75, 3.05) is 31.5 Å². The van der Waals surface area contributed by atoms with Gasteiger partial charge in [-0.05, 0) is 31.4 Å². The van der Waals surface area contributed by atoms with Gasteiger partial charge in [0.05, 0.1) is 12.1 Å². The standard InChI is InChI=1S/C17H21N5O2S/c23-16-10-22(17(24)14-11-25-12-20-14)9-2-1-4-13-5-3-6-15(21-13)18-7-8-19-16/h3,5-6,11-12H,1-2,4,7-10H2,(H,18,21)(H,19,23). The summed E-state index contributed by atoms with van der Waals surface area (Å²) in [5.41, 5.74) is 3.06. The van der Waals surface area contributed by atoms with Gasteiger partial charge in [0.2, 0.25) is 5.91 Å². The number of aromatic nitrogens is 2. The first-order chi connectivity index (χ1) is 12.2. The van der Waals surface area contributed by atoms with E-state index < -0.39 is 0 Å². The van der Waals surface area contributed by atoms with Gasteiger partial charge < -0.3 is 15.5 Å².